The second-order valence-electron chi connectivity index (χ2n) is 5.75. The van der Waals surface area contributed by atoms with E-state index in [4.69, 9.17) is 11.6 Å². The first-order valence-electron chi connectivity index (χ1n) is 7.54. The van der Waals surface area contributed by atoms with Crippen LogP contribution in [0.4, 0.5) is 26.3 Å². The maximum atomic E-state index is 12.8. The highest BCUT2D eigenvalue weighted by atomic mass is 35.5. The molecule has 7 nitrogen and oxygen atoms in total. The number of nitrogens with one attached hydrogen (secondary N) is 1. The van der Waals surface area contributed by atoms with Gasteiger partial charge in [-0.05, 0) is 18.2 Å². The van der Waals surface area contributed by atoms with Gasteiger partial charge in [0.15, 0.2) is 0 Å². The van der Waals surface area contributed by atoms with Crippen LogP contribution in [0.2, 0.25) is 5.02 Å². The summed E-state index contributed by atoms with van der Waals surface area (Å²) in [6, 6.07) is 1.48. The smallest absolute Gasteiger partial charge is 0.290 e. The minimum Gasteiger partial charge on any atom is -0.290 e. The Kier molecular flexibility index (Phi) is 5.18. The average molecular weight is 473 g/mol. The Morgan fingerprint density at radius 2 is 1.67 bits per heavy atom. The van der Waals surface area contributed by atoms with Gasteiger partial charge >= 0.3 is 12.4 Å². The minimum atomic E-state index is -4.87. The quantitative estimate of drug-likeness (QED) is 0.589. The maximum absolute atomic E-state index is 12.8. The first kappa shape index (κ1) is 21.8. The molecule has 0 saturated heterocycles. The van der Waals surface area contributed by atoms with E-state index in [0.717, 1.165) is 10.6 Å². The largest absolute Gasteiger partial charge is 0.419 e. The minimum absolute atomic E-state index is 0.235. The molecule has 0 saturated carbocycles. The van der Waals surface area contributed by atoms with Gasteiger partial charge in [0.2, 0.25) is 5.78 Å². The fourth-order valence-electron chi connectivity index (χ4n) is 2.26. The summed E-state index contributed by atoms with van der Waals surface area (Å²) in [6.07, 6.45) is -7.79. The van der Waals surface area contributed by atoms with E-state index in [0.29, 0.717) is 24.5 Å². The number of amides is 1. The predicted octanol–water partition coefficient (Wildman–Crippen LogP) is 3.54. The SMILES string of the molecule is O=C(NS(=O)(=O)c1cc(C(F)(F)F)ccc1Cl)c1cn2cc(C(F)(F)F)cnc2n1. The Bertz CT molecular complexity index is 1250. The van der Waals surface area contributed by atoms with Crippen LogP contribution in [0.15, 0.2) is 41.7 Å². The third-order valence-corrected chi connectivity index (χ3v) is 5.46. The van der Waals surface area contributed by atoms with Crippen LogP contribution >= 0.6 is 11.6 Å². The van der Waals surface area contributed by atoms with Gasteiger partial charge in [0.05, 0.1) is 16.1 Å². The van der Waals surface area contributed by atoms with Crippen LogP contribution in [0.25, 0.3) is 5.78 Å². The van der Waals surface area contributed by atoms with Gasteiger partial charge < -0.3 is 0 Å². The molecule has 0 atom stereocenters. The van der Waals surface area contributed by atoms with Crippen molar-refractivity contribution >= 4 is 33.3 Å². The van der Waals surface area contributed by atoms with Crippen molar-refractivity contribution in [1.82, 2.24) is 19.1 Å². The first-order valence-corrected chi connectivity index (χ1v) is 9.40. The Balaban J connectivity index is 1.93. The molecule has 3 aromatic rings. The molecule has 3 rings (SSSR count). The summed E-state index contributed by atoms with van der Waals surface area (Å²) in [6.45, 7) is 0. The van der Waals surface area contributed by atoms with E-state index in [2.05, 4.69) is 9.97 Å². The summed E-state index contributed by atoms with van der Waals surface area (Å²) in [7, 11) is -4.87. The third-order valence-electron chi connectivity index (χ3n) is 3.65. The summed E-state index contributed by atoms with van der Waals surface area (Å²) in [4.78, 5) is 18.2. The maximum Gasteiger partial charge on any atom is 0.419 e. The van der Waals surface area contributed by atoms with Gasteiger partial charge in [-0.15, -0.1) is 0 Å². The molecule has 2 aromatic heterocycles. The number of hydrogen-bond donors (Lipinski definition) is 1. The van der Waals surface area contributed by atoms with Crippen molar-refractivity contribution in [2.24, 2.45) is 0 Å². The fourth-order valence-corrected chi connectivity index (χ4v) is 3.74. The summed E-state index contributed by atoms with van der Waals surface area (Å²) in [5.74, 6) is -1.76. The Morgan fingerprint density at radius 1 is 1.03 bits per heavy atom. The van der Waals surface area contributed by atoms with Crippen molar-refractivity contribution < 1.29 is 39.6 Å². The van der Waals surface area contributed by atoms with E-state index in [-0.39, 0.29) is 11.8 Å². The zero-order valence-corrected chi connectivity index (χ0v) is 15.7. The van der Waals surface area contributed by atoms with Gasteiger partial charge in [0, 0.05) is 18.6 Å². The van der Waals surface area contributed by atoms with Crippen LogP contribution in [-0.2, 0) is 22.4 Å². The summed E-state index contributed by atoms with van der Waals surface area (Å²) < 4.78 is 104. The van der Waals surface area contributed by atoms with Crippen LogP contribution in [-0.4, -0.2) is 28.7 Å². The molecule has 160 valence electrons. The molecule has 15 heteroatoms. The number of sulfonamides is 1. The van der Waals surface area contributed by atoms with Crippen molar-refractivity contribution in [3.63, 3.8) is 0 Å². The van der Waals surface area contributed by atoms with E-state index in [9.17, 15) is 39.6 Å². The lowest BCUT2D eigenvalue weighted by Gasteiger charge is -2.11. The Labute approximate surface area is 168 Å². The summed E-state index contributed by atoms with van der Waals surface area (Å²) in [5, 5.41) is -0.588. The highest BCUT2D eigenvalue weighted by Gasteiger charge is 2.34. The lowest BCUT2D eigenvalue weighted by atomic mass is 10.2. The lowest BCUT2D eigenvalue weighted by molar-refractivity contribution is -0.138. The monoisotopic (exact) mass is 472 g/mol. The van der Waals surface area contributed by atoms with Crippen LogP contribution in [0.3, 0.4) is 0 Å². The number of aromatic nitrogens is 3. The van der Waals surface area contributed by atoms with E-state index in [1.165, 1.54) is 4.72 Å². The second kappa shape index (κ2) is 7.12. The summed E-state index contributed by atoms with van der Waals surface area (Å²) >= 11 is 5.65. The molecule has 0 unspecified atom stereocenters. The number of imidazole rings is 1. The number of carbonyl (C=O) groups excluding carboxylic acids is 1. The van der Waals surface area contributed by atoms with E-state index < -0.39 is 55.0 Å². The molecule has 0 fully saturated rings. The molecule has 2 heterocycles. The van der Waals surface area contributed by atoms with Crippen LogP contribution in [0.1, 0.15) is 21.6 Å². The Hall–Kier alpha value is -2.87. The van der Waals surface area contributed by atoms with Gasteiger partial charge in [-0.25, -0.2) is 23.1 Å². The van der Waals surface area contributed by atoms with Gasteiger partial charge in [-0.3, -0.25) is 9.20 Å². The van der Waals surface area contributed by atoms with Crippen LogP contribution in [0.5, 0.6) is 0 Å². The van der Waals surface area contributed by atoms with Crippen molar-refractivity contribution in [3.8, 4) is 0 Å². The molecule has 0 radical (unpaired) electrons. The normalized spacial score (nSPS) is 12.9. The number of alkyl halides is 6. The molecule has 30 heavy (non-hydrogen) atoms. The number of fused-ring (bicyclic) bond motifs is 1. The number of benzene rings is 1. The van der Waals surface area contributed by atoms with E-state index >= 15 is 0 Å². The molecule has 0 aliphatic rings. The predicted molar refractivity (Wildman–Crippen MR) is 89.1 cm³/mol. The molecule has 0 aliphatic heterocycles. The van der Waals surface area contributed by atoms with Crippen LogP contribution < -0.4 is 4.72 Å². The van der Waals surface area contributed by atoms with Crippen molar-refractivity contribution in [2.75, 3.05) is 0 Å². The van der Waals surface area contributed by atoms with Gasteiger partial charge in [0.1, 0.15) is 10.6 Å². The van der Waals surface area contributed by atoms with E-state index in [1.54, 1.807) is 0 Å². The van der Waals surface area contributed by atoms with E-state index in [1.807, 2.05) is 0 Å². The highest BCUT2D eigenvalue weighted by molar-refractivity contribution is 7.90. The van der Waals surface area contributed by atoms with Gasteiger partial charge in [0.25, 0.3) is 15.9 Å². The van der Waals surface area contributed by atoms with Crippen molar-refractivity contribution in [1.29, 1.82) is 0 Å². The average Bonchev–Trinajstić information content (AvgIpc) is 3.03. The number of carbonyl (C=O) groups is 1. The van der Waals surface area contributed by atoms with Crippen LogP contribution in [0, 0.1) is 0 Å². The number of nitrogens with zero attached hydrogens (tertiary/aromatic N) is 3. The number of rotatable bonds is 3. The molecule has 0 spiro atoms. The zero-order chi connectivity index (χ0) is 22.5. The second-order valence-corrected chi connectivity index (χ2v) is 7.81. The van der Waals surface area contributed by atoms with Gasteiger partial charge in [-0.2, -0.15) is 26.3 Å². The van der Waals surface area contributed by atoms with Crippen molar-refractivity contribution in [3.05, 3.63) is 58.6 Å². The summed E-state index contributed by atoms with van der Waals surface area (Å²) in [5.41, 5.74) is -3.12. The molecule has 1 N–H and O–H groups in total. The van der Waals surface area contributed by atoms with Crippen molar-refractivity contribution in [2.45, 2.75) is 17.2 Å². The highest BCUT2D eigenvalue weighted by Crippen LogP contribution is 2.33. The molecular formula is C15H7ClF6N4O3S. The molecule has 0 bridgehead atoms. The molecular weight excluding hydrogens is 466 g/mol. The lowest BCUT2D eigenvalue weighted by Crippen LogP contribution is -2.31. The molecule has 0 aliphatic carbocycles. The molecule has 1 aromatic carbocycles. The fraction of sp³-hybridized carbons (Fsp3) is 0.133. The first-order chi connectivity index (χ1) is 13.7. The molecule has 1 amide bonds. The number of hydrogen-bond acceptors (Lipinski definition) is 5. The topological polar surface area (TPSA) is 93.4 Å². The number of halogens is 7. The third kappa shape index (κ3) is 4.33. The van der Waals surface area contributed by atoms with Gasteiger partial charge in [-0.1, -0.05) is 11.6 Å². The zero-order valence-electron chi connectivity index (χ0n) is 14.1. The standard InChI is InChI=1S/C15H7ClF6N4O3S/c16-9-2-1-7(14(17,18)19)3-11(9)30(28,29)25-12(27)10-6-26-5-8(15(20,21)22)4-23-13(26)24-10/h1-6H,(H,25,27). The Morgan fingerprint density at radius 3 is 2.27 bits per heavy atom.